The lowest BCUT2D eigenvalue weighted by Crippen LogP contribution is -2.88. The molecule has 1 aliphatic heterocycles. The number of primary amides is 1. The van der Waals surface area contributed by atoms with E-state index in [-0.39, 0.29) is 0 Å². The lowest BCUT2D eigenvalue weighted by molar-refractivity contribution is -0.682. The van der Waals surface area contributed by atoms with Gasteiger partial charge in [-0.1, -0.05) is 36.4 Å². The molecule has 0 saturated carbocycles. The molecule has 5 N–H and O–H groups in total. The SMILES string of the molecule is NC(=O)NC(=O)[C@@H]([NH2+]CCc1ccc2c(c1)OCCO2)c1ccccc1. The number of benzene rings is 2. The predicted octanol–water partition coefficient (Wildman–Crippen LogP) is 0.500. The minimum absolute atomic E-state index is 0.425. The largest absolute Gasteiger partial charge is 0.486 e. The molecule has 26 heavy (non-hydrogen) atoms. The summed E-state index contributed by atoms with van der Waals surface area (Å²) in [6.07, 6.45) is 0.740. The monoisotopic (exact) mass is 356 g/mol. The average molecular weight is 356 g/mol. The highest BCUT2D eigenvalue weighted by Crippen LogP contribution is 2.30. The minimum Gasteiger partial charge on any atom is -0.486 e. The number of rotatable bonds is 6. The van der Waals surface area contributed by atoms with Gasteiger partial charge in [-0.25, -0.2) is 4.79 Å². The van der Waals surface area contributed by atoms with Crippen molar-refractivity contribution in [3.63, 3.8) is 0 Å². The summed E-state index contributed by atoms with van der Waals surface area (Å²) in [4.78, 5) is 23.3. The molecule has 0 unspecified atom stereocenters. The van der Waals surface area contributed by atoms with Crippen LogP contribution in [0.1, 0.15) is 17.2 Å². The van der Waals surface area contributed by atoms with Crippen molar-refractivity contribution in [2.45, 2.75) is 12.5 Å². The summed E-state index contributed by atoms with van der Waals surface area (Å²) in [6.45, 7) is 1.77. The summed E-state index contributed by atoms with van der Waals surface area (Å²) < 4.78 is 11.1. The first kappa shape index (κ1) is 17.8. The van der Waals surface area contributed by atoms with Crippen LogP contribution in [0.3, 0.4) is 0 Å². The fourth-order valence-electron chi connectivity index (χ4n) is 2.91. The van der Waals surface area contributed by atoms with Crippen molar-refractivity contribution in [2.24, 2.45) is 5.73 Å². The molecule has 0 fully saturated rings. The van der Waals surface area contributed by atoms with E-state index in [0.717, 1.165) is 29.0 Å². The first-order valence-corrected chi connectivity index (χ1v) is 8.50. The smallest absolute Gasteiger partial charge is 0.319 e. The number of ether oxygens (including phenoxy) is 2. The molecule has 2 aromatic rings. The highest BCUT2D eigenvalue weighted by atomic mass is 16.6. The van der Waals surface area contributed by atoms with Gasteiger partial charge < -0.3 is 20.5 Å². The number of amides is 3. The lowest BCUT2D eigenvalue weighted by atomic mass is 10.1. The molecule has 0 spiro atoms. The second-order valence-corrected chi connectivity index (χ2v) is 5.99. The Hall–Kier alpha value is -3.06. The maximum atomic E-state index is 12.3. The third-order valence-corrected chi connectivity index (χ3v) is 4.13. The molecule has 0 saturated heterocycles. The summed E-state index contributed by atoms with van der Waals surface area (Å²) in [5.41, 5.74) is 6.99. The fourth-order valence-corrected chi connectivity index (χ4v) is 2.91. The zero-order valence-electron chi connectivity index (χ0n) is 14.3. The Morgan fingerprint density at radius 2 is 1.81 bits per heavy atom. The fraction of sp³-hybridized carbons (Fsp3) is 0.263. The Morgan fingerprint density at radius 1 is 1.08 bits per heavy atom. The number of fused-ring (bicyclic) bond motifs is 1. The van der Waals surface area contributed by atoms with E-state index in [4.69, 9.17) is 15.2 Å². The van der Waals surface area contributed by atoms with Crippen molar-refractivity contribution >= 4 is 11.9 Å². The number of nitrogens with one attached hydrogen (secondary N) is 1. The van der Waals surface area contributed by atoms with Crippen LogP contribution in [0.15, 0.2) is 48.5 Å². The molecule has 0 bridgehead atoms. The van der Waals surface area contributed by atoms with Crippen LogP contribution in [0, 0.1) is 0 Å². The van der Waals surface area contributed by atoms with E-state index in [1.165, 1.54) is 0 Å². The molecule has 1 heterocycles. The Labute approximate surface area is 151 Å². The third kappa shape index (κ3) is 4.52. The first-order valence-electron chi connectivity index (χ1n) is 8.50. The molecule has 2 aromatic carbocycles. The van der Waals surface area contributed by atoms with E-state index >= 15 is 0 Å². The number of hydrogen-bond acceptors (Lipinski definition) is 4. The van der Waals surface area contributed by atoms with Gasteiger partial charge in [0.2, 0.25) is 0 Å². The van der Waals surface area contributed by atoms with Gasteiger partial charge >= 0.3 is 6.03 Å². The van der Waals surface area contributed by atoms with Crippen molar-refractivity contribution in [2.75, 3.05) is 19.8 Å². The Kier molecular flexibility index (Phi) is 5.70. The van der Waals surface area contributed by atoms with Gasteiger partial charge in [-0.15, -0.1) is 0 Å². The zero-order chi connectivity index (χ0) is 18.4. The summed E-state index contributed by atoms with van der Waals surface area (Å²) in [6, 6.07) is 13.8. The maximum Gasteiger partial charge on any atom is 0.319 e. The molecule has 7 nitrogen and oxygen atoms in total. The normalized spacial score (nSPS) is 13.7. The second kappa shape index (κ2) is 8.35. The van der Waals surface area contributed by atoms with Crippen LogP contribution in [0.4, 0.5) is 4.79 Å². The van der Waals surface area contributed by atoms with E-state index in [0.29, 0.717) is 19.8 Å². The number of carbonyl (C=O) groups excluding carboxylic acids is 2. The molecular weight excluding hydrogens is 334 g/mol. The molecule has 0 radical (unpaired) electrons. The number of urea groups is 1. The summed E-state index contributed by atoms with van der Waals surface area (Å²) in [5, 5.41) is 4.06. The van der Waals surface area contributed by atoms with Crippen LogP contribution < -0.4 is 25.8 Å². The highest BCUT2D eigenvalue weighted by Gasteiger charge is 2.24. The van der Waals surface area contributed by atoms with Crippen LogP contribution >= 0.6 is 0 Å². The number of carbonyl (C=O) groups is 2. The van der Waals surface area contributed by atoms with Crippen LogP contribution in [-0.4, -0.2) is 31.7 Å². The topological polar surface area (TPSA) is 107 Å². The van der Waals surface area contributed by atoms with Crippen molar-refractivity contribution < 1.29 is 24.4 Å². The van der Waals surface area contributed by atoms with Gasteiger partial charge in [-0.2, -0.15) is 0 Å². The van der Waals surface area contributed by atoms with Gasteiger partial charge in [-0.3, -0.25) is 10.1 Å². The highest BCUT2D eigenvalue weighted by molar-refractivity contribution is 5.96. The summed E-state index contributed by atoms with van der Waals surface area (Å²) in [7, 11) is 0. The standard InChI is InChI=1S/C19H21N3O4/c20-19(24)22-18(23)17(14-4-2-1-3-5-14)21-9-8-13-6-7-15-16(12-13)26-11-10-25-15/h1-7,12,17,21H,8-11H2,(H3,20,22,23,24)/p+1/t17-/m0/s1. The molecule has 0 aromatic heterocycles. The minimum atomic E-state index is -0.851. The molecular formula is C19H22N3O4+. The first-order chi connectivity index (χ1) is 12.6. The van der Waals surface area contributed by atoms with Crippen LogP contribution in [0.5, 0.6) is 11.5 Å². The predicted molar refractivity (Wildman–Crippen MR) is 94.8 cm³/mol. The van der Waals surface area contributed by atoms with Crippen LogP contribution in [-0.2, 0) is 11.2 Å². The molecule has 136 valence electrons. The molecule has 1 atom stereocenters. The van der Waals surface area contributed by atoms with Gasteiger partial charge in [0, 0.05) is 12.0 Å². The number of hydrogen-bond donors (Lipinski definition) is 3. The summed E-state index contributed by atoms with van der Waals surface area (Å²) >= 11 is 0. The van der Waals surface area contributed by atoms with Gasteiger partial charge in [0.1, 0.15) is 13.2 Å². The van der Waals surface area contributed by atoms with Crippen molar-refractivity contribution in [1.29, 1.82) is 0 Å². The van der Waals surface area contributed by atoms with Crippen molar-refractivity contribution in [3.8, 4) is 11.5 Å². The molecule has 1 aliphatic rings. The van der Waals surface area contributed by atoms with Crippen LogP contribution in [0.2, 0.25) is 0 Å². The van der Waals surface area contributed by atoms with Crippen molar-refractivity contribution in [3.05, 3.63) is 59.7 Å². The van der Waals surface area contributed by atoms with Crippen LogP contribution in [0.25, 0.3) is 0 Å². The van der Waals surface area contributed by atoms with Gasteiger partial charge in [-0.05, 0) is 17.7 Å². The lowest BCUT2D eigenvalue weighted by Gasteiger charge is -2.19. The van der Waals surface area contributed by atoms with E-state index in [2.05, 4.69) is 5.32 Å². The molecule has 3 amide bonds. The molecule has 0 aliphatic carbocycles. The zero-order valence-corrected chi connectivity index (χ0v) is 14.3. The number of quaternary nitrogens is 1. The Bertz CT molecular complexity index is 780. The average Bonchev–Trinajstić information content (AvgIpc) is 2.65. The van der Waals surface area contributed by atoms with Gasteiger partial charge in [0.05, 0.1) is 6.54 Å². The quantitative estimate of drug-likeness (QED) is 0.700. The third-order valence-electron chi connectivity index (χ3n) is 4.13. The number of imide groups is 1. The van der Waals surface area contributed by atoms with E-state index < -0.39 is 18.0 Å². The van der Waals surface area contributed by atoms with E-state index in [1.807, 2.05) is 53.8 Å². The second-order valence-electron chi connectivity index (χ2n) is 5.99. The van der Waals surface area contributed by atoms with Gasteiger partial charge in [0.15, 0.2) is 17.5 Å². The Balaban J connectivity index is 1.64. The van der Waals surface area contributed by atoms with Crippen molar-refractivity contribution in [1.82, 2.24) is 5.32 Å². The summed E-state index contributed by atoms with van der Waals surface area (Å²) in [5.74, 6) is 1.08. The molecule has 7 heteroatoms. The Morgan fingerprint density at radius 3 is 2.54 bits per heavy atom. The molecule has 3 rings (SSSR count). The van der Waals surface area contributed by atoms with E-state index in [9.17, 15) is 9.59 Å². The van der Waals surface area contributed by atoms with Gasteiger partial charge in [0.25, 0.3) is 5.91 Å². The van der Waals surface area contributed by atoms with E-state index in [1.54, 1.807) is 0 Å². The number of nitrogens with two attached hydrogens (primary N) is 2. The maximum absolute atomic E-state index is 12.3.